The van der Waals surface area contributed by atoms with Gasteiger partial charge in [-0.25, -0.2) is 4.98 Å². The summed E-state index contributed by atoms with van der Waals surface area (Å²) in [5, 5.41) is 7.16. The van der Waals surface area contributed by atoms with Crippen LogP contribution in [0.5, 0.6) is 11.5 Å². The molecule has 1 N–H and O–H groups in total. The number of nitrogens with zero attached hydrogens (tertiary/aromatic N) is 2. The van der Waals surface area contributed by atoms with Crippen LogP contribution in [0.1, 0.15) is 12.5 Å². The Morgan fingerprint density at radius 3 is 2.16 bits per heavy atom. The van der Waals surface area contributed by atoms with E-state index in [1.807, 2.05) is 60.8 Å². The number of ether oxygens (including phenoxy) is 2. The molecule has 0 fully saturated rings. The molecule has 0 spiro atoms. The first-order valence-electron chi connectivity index (χ1n) is 7.74. The molecule has 0 amide bonds. The minimum Gasteiger partial charge on any atom is -0.497 e. The van der Waals surface area contributed by atoms with E-state index in [9.17, 15) is 0 Å². The summed E-state index contributed by atoms with van der Waals surface area (Å²) >= 11 is 1.52. The molecule has 3 rings (SSSR count). The van der Waals surface area contributed by atoms with Crippen molar-refractivity contribution in [3.63, 3.8) is 0 Å². The van der Waals surface area contributed by atoms with Gasteiger partial charge in [-0.15, -0.1) is 11.3 Å². The summed E-state index contributed by atoms with van der Waals surface area (Å²) in [5.74, 6) is 1.66. The van der Waals surface area contributed by atoms with Crippen molar-refractivity contribution < 1.29 is 9.47 Å². The van der Waals surface area contributed by atoms with Crippen LogP contribution in [-0.4, -0.2) is 24.9 Å². The highest BCUT2D eigenvalue weighted by molar-refractivity contribution is 7.14. The molecule has 128 valence electrons. The van der Waals surface area contributed by atoms with Gasteiger partial charge in [0.1, 0.15) is 11.5 Å². The Labute approximate surface area is 151 Å². The first-order valence-corrected chi connectivity index (χ1v) is 8.62. The molecular weight excluding hydrogens is 334 g/mol. The molecule has 0 unspecified atom stereocenters. The van der Waals surface area contributed by atoms with E-state index in [1.54, 1.807) is 14.2 Å². The van der Waals surface area contributed by atoms with Gasteiger partial charge in [-0.3, -0.25) is 5.43 Å². The van der Waals surface area contributed by atoms with E-state index in [0.29, 0.717) is 0 Å². The van der Waals surface area contributed by atoms with Gasteiger partial charge in [-0.05, 0) is 61.0 Å². The predicted octanol–water partition coefficient (Wildman–Crippen LogP) is 4.66. The number of nitrogens with one attached hydrogen (secondary N) is 1. The lowest BCUT2D eigenvalue weighted by atomic mass is 10.1. The fourth-order valence-corrected chi connectivity index (χ4v) is 2.91. The molecule has 25 heavy (non-hydrogen) atoms. The molecule has 0 saturated carbocycles. The SMILES string of the molecule is COc1ccc(/C(C)=N\Nc2nc(-c3ccc(OC)cc3)cs2)cc1. The van der Waals surface area contributed by atoms with Crippen LogP contribution in [0.4, 0.5) is 5.13 Å². The highest BCUT2D eigenvalue weighted by Gasteiger charge is 2.05. The van der Waals surface area contributed by atoms with E-state index in [1.165, 1.54) is 11.3 Å². The van der Waals surface area contributed by atoms with Crippen LogP contribution in [0.25, 0.3) is 11.3 Å². The summed E-state index contributed by atoms with van der Waals surface area (Å²) in [4.78, 5) is 4.57. The van der Waals surface area contributed by atoms with Crippen molar-refractivity contribution in [1.29, 1.82) is 0 Å². The van der Waals surface area contributed by atoms with Crippen LogP contribution in [-0.2, 0) is 0 Å². The molecule has 2 aromatic carbocycles. The van der Waals surface area contributed by atoms with Crippen molar-refractivity contribution in [1.82, 2.24) is 4.98 Å². The number of methoxy groups -OCH3 is 2. The zero-order chi connectivity index (χ0) is 17.6. The van der Waals surface area contributed by atoms with E-state index in [0.717, 1.165) is 39.2 Å². The van der Waals surface area contributed by atoms with Gasteiger partial charge in [0.2, 0.25) is 5.13 Å². The molecular formula is C19H19N3O2S. The molecule has 0 bridgehead atoms. The van der Waals surface area contributed by atoms with Crippen LogP contribution in [0.15, 0.2) is 59.0 Å². The Bertz CT molecular complexity index is 855. The highest BCUT2D eigenvalue weighted by atomic mass is 32.1. The number of hydrazone groups is 1. The number of anilines is 1. The molecule has 0 aliphatic carbocycles. The van der Waals surface area contributed by atoms with Gasteiger partial charge >= 0.3 is 0 Å². The maximum atomic E-state index is 5.18. The fraction of sp³-hybridized carbons (Fsp3) is 0.158. The van der Waals surface area contributed by atoms with E-state index in [4.69, 9.17) is 9.47 Å². The number of aromatic nitrogens is 1. The van der Waals surface area contributed by atoms with Crippen LogP contribution >= 0.6 is 11.3 Å². The average Bonchev–Trinajstić information content (AvgIpc) is 3.15. The number of benzene rings is 2. The summed E-state index contributed by atoms with van der Waals surface area (Å²) in [5.41, 5.74) is 6.88. The van der Waals surface area contributed by atoms with Crippen LogP contribution < -0.4 is 14.9 Å². The first kappa shape index (κ1) is 17.0. The van der Waals surface area contributed by atoms with E-state index in [-0.39, 0.29) is 0 Å². The molecule has 5 nitrogen and oxygen atoms in total. The maximum absolute atomic E-state index is 5.18. The van der Waals surface area contributed by atoms with E-state index < -0.39 is 0 Å². The second-order valence-electron chi connectivity index (χ2n) is 5.30. The number of hydrogen-bond donors (Lipinski definition) is 1. The fourth-order valence-electron chi connectivity index (χ4n) is 2.25. The van der Waals surface area contributed by atoms with Gasteiger partial charge < -0.3 is 9.47 Å². The van der Waals surface area contributed by atoms with Gasteiger partial charge in [-0.1, -0.05) is 0 Å². The third-order valence-corrected chi connectivity index (χ3v) is 4.46. The lowest BCUT2D eigenvalue weighted by Crippen LogP contribution is -1.99. The van der Waals surface area contributed by atoms with Crippen LogP contribution in [0.3, 0.4) is 0 Å². The Morgan fingerprint density at radius 2 is 1.56 bits per heavy atom. The highest BCUT2D eigenvalue weighted by Crippen LogP contribution is 2.26. The average molecular weight is 353 g/mol. The Kier molecular flexibility index (Phi) is 5.30. The molecule has 0 aliphatic rings. The lowest BCUT2D eigenvalue weighted by molar-refractivity contribution is 0.414. The number of thiazole rings is 1. The van der Waals surface area contributed by atoms with Gasteiger partial charge in [0.15, 0.2) is 0 Å². The van der Waals surface area contributed by atoms with Crippen molar-refractivity contribution in [3.05, 3.63) is 59.5 Å². The molecule has 3 aromatic rings. The summed E-state index contributed by atoms with van der Waals surface area (Å²) in [6, 6.07) is 15.6. The first-order chi connectivity index (χ1) is 12.2. The third-order valence-electron chi connectivity index (χ3n) is 3.72. The zero-order valence-electron chi connectivity index (χ0n) is 14.3. The van der Waals surface area contributed by atoms with Crippen molar-refractivity contribution in [2.45, 2.75) is 6.92 Å². The minimum absolute atomic E-state index is 0.749. The second-order valence-corrected chi connectivity index (χ2v) is 6.16. The third kappa shape index (κ3) is 4.16. The molecule has 0 atom stereocenters. The minimum atomic E-state index is 0.749. The smallest absolute Gasteiger partial charge is 0.203 e. The zero-order valence-corrected chi connectivity index (χ0v) is 15.1. The largest absolute Gasteiger partial charge is 0.497 e. The molecule has 0 radical (unpaired) electrons. The van der Waals surface area contributed by atoms with Crippen LogP contribution in [0.2, 0.25) is 0 Å². The van der Waals surface area contributed by atoms with Gasteiger partial charge in [0.25, 0.3) is 0 Å². The normalized spacial score (nSPS) is 11.2. The summed E-state index contributed by atoms with van der Waals surface area (Å²) in [6.07, 6.45) is 0. The standard InChI is InChI=1S/C19H19N3O2S/c1-13(14-4-8-16(23-2)9-5-14)21-22-19-20-18(12-25-19)15-6-10-17(24-3)11-7-15/h4-12H,1-3H3,(H,20,22)/b21-13-. The number of hydrogen-bond acceptors (Lipinski definition) is 6. The van der Waals surface area contributed by atoms with Gasteiger partial charge in [-0.2, -0.15) is 5.10 Å². The maximum Gasteiger partial charge on any atom is 0.203 e. The monoisotopic (exact) mass is 353 g/mol. The summed E-state index contributed by atoms with van der Waals surface area (Å²) in [7, 11) is 3.31. The van der Waals surface area contributed by atoms with E-state index in [2.05, 4.69) is 15.5 Å². The quantitative estimate of drug-likeness (QED) is 0.517. The van der Waals surface area contributed by atoms with Crippen LogP contribution in [0, 0.1) is 0 Å². The lowest BCUT2D eigenvalue weighted by Gasteiger charge is -2.03. The Balaban J connectivity index is 1.69. The predicted molar refractivity (Wildman–Crippen MR) is 103 cm³/mol. The molecule has 0 aliphatic heterocycles. The molecule has 1 heterocycles. The summed E-state index contributed by atoms with van der Waals surface area (Å²) in [6.45, 7) is 1.95. The Morgan fingerprint density at radius 1 is 0.960 bits per heavy atom. The van der Waals surface area contributed by atoms with Gasteiger partial charge in [0, 0.05) is 10.9 Å². The number of rotatable bonds is 6. The van der Waals surface area contributed by atoms with Gasteiger partial charge in [0.05, 0.1) is 25.6 Å². The van der Waals surface area contributed by atoms with Crippen molar-refractivity contribution in [3.8, 4) is 22.8 Å². The molecule has 1 aromatic heterocycles. The van der Waals surface area contributed by atoms with Crippen molar-refractivity contribution in [2.75, 3.05) is 19.6 Å². The molecule has 6 heteroatoms. The summed E-state index contributed by atoms with van der Waals surface area (Å²) < 4.78 is 10.3. The van der Waals surface area contributed by atoms with Crippen molar-refractivity contribution in [2.24, 2.45) is 5.10 Å². The van der Waals surface area contributed by atoms with Crippen molar-refractivity contribution >= 4 is 22.2 Å². The second kappa shape index (κ2) is 7.81. The van der Waals surface area contributed by atoms with E-state index >= 15 is 0 Å². The molecule has 0 saturated heterocycles. The topological polar surface area (TPSA) is 55.7 Å². The Hall–Kier alpha value is -2.86.